The van der Waals surface area contributed by atoms with E-state index in [0.29, 0.717) is 6.42 Å². The first-order valence-electron chi connectivity index (χ1n) is 3.79. The molecule has 0 spiro atoms. The molecule has 0 amide bonds. The highest BCUT2D eigenvalue weighted by Crippen LogP contribution is 2.07. The van der Waals surface area contributed by atoms with Crippen LogP contribution in [0.2, 0.25) is 0 Å². The van der Waals surface area contributed by atoms with Gasteiger partial charge in [0.2, 0.25) is 0 Å². The molecule has 0 aromatic rings. The zero-order chi connectivity index (χ0) is 10.6. The summed E-state index contributed by atoms with van der Waals surface area (Å²) in [7, 11) is -4.24. The van der Waals surface area contributed by atoms with Crippen LogP contribution >= 0.6 is 0 Å². The van der Waals surface area contributed by atoms with Crippen molar-refractivity contribution in [3.63, 3.8) is 0 Å². The van der Waals surface area contributed by atoms with Crippen LogP contribution in [0.15, 0.2) is 0 Å². The quantitative estimate of drug-likeness (QED) is 0.624. The molecule has 0 saturated carbocycles. The van der Waals surface area contributed by atoms with Gasteiger partial charge in [0.1, 0.15) is 6.04 Å². The van der Waals surface area contributed by atoms with Crippen LogP contribution in [-0.4, -0.2) is 20.4 Å². The highest BCUT2D eigenvalue weighted by molar-refractivity contribution is 7.84. The van der Waals surface area contributed by atoms with Gasteiger partial charge in [-0.05, 0) is 5.92 Å². The summed E-state index contributed by atoms with van der Waals surface area (Å²) in [4.78, 5) is 11.0. The third kappa shape index (κ3) is 4.81. The Morgan fingerprint density at radius 1 is 1.54 bits per heavy atom. The Bertz CT molecular complexity index is 274. The summed E-state index contributed by atoms with van der Waals surface area (Å²) in [5, 5.41) is 4.49. The zero-order valence-corrected chi connectivity index (χ0v) is 8.37. The maximum atomic E-state index is 11.0. The molecule has 0 saturated heterocycles. The van der Waals surface area contributed by atoms with Gasteiger partial charge in [-0.3, -0.25) is 0 Å². The van der Waals surface area contributed by atoms with Crippen molar-refractivity contribution in [2.24, 2.45) is 16.8 Å². The van der Waals surface area contributed by atoms with Gasteiger partial charge in [-0.15, -0.1) is 0 Å². The van der Waals surface area contributed by atoms with Crippen LogP contribution in [0.5, 0.6) is 0 Å². The van der Waals surface area contributed by atoms with Crippen LogP contribution < -0.4 is 10.9 Å². The van der Waals surface area contributed by atoms with Gasteiger partial charge in [-0.25, -0.2) is 4.79 Å². The van der Waals surface area contributed by atoms with Crippen molar-refractivity contribution in [3.05, 3.63) is 0 Å². The molecule has 78 valence electrons. The number of rotatable bonds is 4. The number of hydrogen-bond acceptors (Lipinski definition) is 5. The van der Waals surface area contributed by atoms with E-state index in [9.17, 15) is 13.2 Å². The average Bonchev–Trinajstić information content (AvgIpc) is 1.98. The summed E-state index contributed by atoms with van der Waals surface area (Å²) in [5.74, 6) is -1.16. The first-order valence-corrected chi connectivity index (χ1v) is 5.26. The SMILES string of the molecule is CC[C@@H](C)[C@H](N)C(=O)OS(N)(=O)=O. The van der Waals surface area contributed by atoms with E-state index in [0.717, 1.165) is 0 Å². The number of carbonyl (C=O) groups is 1. The molecule has 13 heavy (non-hydrogen) atoms. The Labute approximate surface area is 77.5 Å². The third-order valence-corrected chi connectivity index (χ3v) is 2.12. The maximum Gasteiger partial charge on any atom is 0.382 e. The Morgan fingerprint density at radius 2 is 2.00 bits per heavy atom. The van der Waals surface area contributed by atoms with Crippen LogP contribution in [0.1, 0.15) is 20.3 Å². The fourth-order valence-electron chi connectivity index (χ4n) is 0.656. The van der Waals surface area contributed by atoms with Gasteiger partial charge >= 0.3 is 16.3 Å². The Hall–Kier alpha value is -0.660. The van der Waals surface area contributed by atoms with E-state index in [1.807, 2.05) is 6.92 Å². The molecule has 2 atom stereocenters. The molecular weight excluding hydrogens is 196 g/mol. The van der Waals surface area contributed by atoms with E-state index in [1.165, 1.54) is 0 Å². The highest BCUT2D eigenvalue weighted by atomic mass is 32.2. The van der Waals surface area contributed by atoms with Gasteiger partial charge in [-0.1, -0.05) is 20.3 Å². The zero-order valence-electron chi connectivity index (χ0n) is 7.56. The fraction of sp³-hybridized carbons (Fsp3) is 0.833. The highest BCUT2D eigenvalue weighted by Gasteiger charge is 2.24. The maximum absolute atomic E-state index is 11.0. The molecule has 7 heteroatoms. The minimum atomic E-state index is -4.24. The Kier molecular flexibility index (Phi) is 4.31. The second-order valence-electron chi connectivity index (χ2n) is 2.81. The van der Waals surface area contributed by atoms with Crippen molar-refractivity contribution >= 4 is 16.3 Å². The summed E-state index contributed by atoms with van der Waals surface area (Å²) in [5.41, 5.74) is 5.38. The molecule has 0 unspecified atom stereocenters. The lowest BCUT2D eigenvalue weighted by Gasteiger charge is -2.15. The van der Waals surface area contributed by atoms with E-state index in [2.05, 4.69) is 9.32 Å². The molecule has 0 aliphatic heterocycles. The number of carbonyl (C=O) groups excluding carboxylic acids is 1. The van der Waals surface area contributed by atoms with Crippen molar-refractivity contribution in [3.8, 4) is 0 Å². The fourth-order valence-corrected chi connectivity index (χ4v) is 0.996. The third-order valence-electron chi connectivity index (χ3n) is 1.73. The minimum Gasteiger partial charge on any atom is -0.333 e. The molecule has 0 radical (unpaired) electrons. The van der Waals surface area contributed by atoms with Gasteiger partial charge in [0.15, 0.2) is 0 Å². The van der Waals surface area contributed by atoms with Gasteiger partial charge in [0.05, 0.1) is 0 Å². The van der Waals surface area contributed by atoms with Gasteiger partial charge in [-0.2, -0.15) is 13.6 Å². The van der Waals surface area contributed by atoms with E-state index in [-0.39, 0.29) is 5.92 Å². The van der Waals surface area contributed by atoms with Crippen LogP contribution in [0, 0.1) is 5.92 Å². The van der Waals surface area contributed by atoms with E-state index in [1.54, 1.807) is 6.92 Å². The van der Waals surface area contributed by atoms with Crippen molar-refractivity contribution in [1.29, 1.82) is 0 Å². The van der Waals surface area contributed by atoms with Crippen LogP contribution in [0.4, 0.5) is 0 Å². The van der Waals surface area contributed by atoms with Crippen LogP contribution in [0.3, 0.4) is 0 Å². The van der Waals surface area contributed by atoms with Crippen molar-refractivity contribution in [2.75, 3.05) is 0 Å². The smallest absolute Gasteiger partial charge is 0.333 e. The summed E-state index contributed by atoms with van der Waals surface area (Å²) < 4.78 is 24.6. The summed E-state index contributed by atoms with van der Waals surface area (Å²) in [6.07, 6.45) is 0.654. The normalized spacial score (nSPS) is 16.3. The molecule has 0 aliphatic carbocycles. The van der Waals surface area contributed by atoms with Crippen LogP contribution in [0.25, 0.3) is 0 Å². The molecule has 0 rings (SSSR count). The molecule has 0 aromatic heterocycles. The first kappa shape index (κ1) is 12.3. The molecule has 0 bridgehead atoms. The Balaban J connectivity index is 4.28. The molecule has 0 heterocycles. The lowest BCUT2D eigenvalue weighted by atomic mass is 10.0. The van der Waals surface area contributed by atoms with Crippen molar-refractivity contribution in [1.82, 2.24) is 0 Å². The van der Waals surface area contributed by atoms with E-state index < -0.39 is 22.3 Å². The van der Waals surface area contributed by atoms with E-state index in [4.69, 9.17) is 5.73 Å². The first-order chi connectivity index (χ1) is 5.78. The lowest BCUT2D eigenvalue weighted by molar-refractivity contribution is -0.136. The number of hydrogen-bond donors (Lipinski definition) is 2. The lowest BCUT2D eigenvalue weighted by Crippen LogP contribution is -2.40. The standard InChI is InChI=1S/C6H14N2O4S/c1-3-4(2)5(7)6(9)12-13(8,10)11/h4-5H,3,7H2,1-2H3,(H2,8,10,11)/t4-,5+/m1/s1. The van der Waals surface area contributed by atoms with Gasteiger partial charge in [0.25, 0.3) is 0 Å². The number of nitrogens with two attached hydrogens (primary N) is 2. The molecule has 6 nitrogen and oxygen atoms in total. The van der Waals surface area contributed by atoms with Crippen molar-refractivity contribution in [2.45, 2.75) is 26.3 Å². The summed E-state index contributed by atoms with van der Waals surface area (Å²) in [6.45, 7) is 3.55. The molecule has 0 aromatic carbocycles. The second kappa shape index (κ2) is 4.54. The van der Waals surface area contributed by atoms with Gasteiger partial charge < -0.3 is 9.92 Å². The van der Waals surface area contributed by atoms with Crippen LogP contribution in [-0.2, 0) is 19.3 Å². The van der Waals surface area contributed by atoms with Crippen molar-refractivity contribution < 1.29 is 17.4 Å². The summed E-state index contributed by atoms with van der Waals surface area (Å²) in [6, 6.07) is -0.955. The summed E-state index contributed by atoms with van der Waals surface area (Å²) >= 11 is 0. The Morgan fingerprint density at radius 3 is 2.31 bits per heavy atom. The molecule has 4 N–H and O–H groups in total. The second-order valence-corrected chi connectivity index (χ2v) is 3.96. The van der Waals surface area contributed by atoms with E-state index >= 15 is 0 Å². The molecule has 0 aliphatic rings. The largest absolute Gasteiger partial charge is 0.382 e. The predicted octanol–water partition coefficient (Wildman–Crippen LogP) is -0.893. The minimum absolute atomic E-state index is 0.144. The molecule has 0 fully saturated rings. The predicted molar refractivity (Wildman–Crippen MR) is 46.6 cm³/mol. The average molecular weight is 210 g/mol. The topological polar surface area (TPSA) is 112 Å². The monoisotopic (exact) mass is 210 g/mol. The van der Waals surface area contributed by atoms with Gasteiger partial charge in [0, 0.05) is 0 Å². The molecular formula is C6H14N2O4S.